The number of nitrogens with one attached hydrogen (secondary N) is 2. The van der Waals surface area contributed by atoms with Crippen LogP contribution < -0.4 is 15.4 Å². The van der Waals surface area contributed by atoms with Crippen LogP contribution in [-0.4, -0.2) is 56.2 Å². The van der Waals surface area contributed by atoms with E-state index < -0.39 is 17.7 Å². The Labute approximate surface area is 277 Å². The van der Waals surface area contributed by atoms with Gasteiger partial charge in [-0.3, -0.25) is 14.4 Å². The lowest BCUT2D eigenvalue weighted by molar-refractivity contribution is -0.140. The number of ether oxygens (including phenoxy) is 3. The standard InChI is InChI=1S/C37H50N2O8/c1-8-9-11-30-32(28-24-26(14-17-29(28)46-30)34(42)38-22-18-31(40)44-7)33(41)25-12-15-27(16-13-25)45-23-10-21-39-35(43)47-37(5,6)20-19-36(2,3)4/h12-17,24H,8-11,18-23H2,1-7H3,(H,38,42)(H,39,43). The Morgan fingerprint density at radius 3 is 2.21 bits per heavy atom. The molecule has 2 N–H and O–H groups in total. The number of unbranched alkanes of at least 4 members (excludes halogenated alkanes) is 1. The molecule has 10 heteroatoms. The van der Waals surface area contributed by atoms with Crippen LogP contribution in [0.15, 0.2) is 46.9 Å². The van der Waals surface area contributed by atoms with Gasteiger partial charge in [0.05, 0.1) is 25.7 Å². The number of benzene rings is 2. The van der Waals surface area contributed by atoms with E-state index in [9.17, 15) is 19.2 Å². The Balaban J connectivity index is 1.60. The molecule has 0 bridgehead atoms. The minimum Gasteiger partial charge on any atom is -0.494 e. The van der Waals surface area contributed by atoms with Crippen molar-refractivity contribution < 1.29 is 37.8 Å². The van der Waals surface area contributed by atoms with Crippen LogP contribution in [0.1, 0.15) is 112 Å². The molecule has 3 aromatic rings. The molecule has 0 saturated heterocycles. The fourth-order valence-electron chi connectivity index (χ4n) is 4.85. The van der Waals surface area contributed by atoms with E-state index >= 15 is 0 Å². The molecule has 256 valence electrons. The highest BCUT2D eigenvalue weighted by atomic mass is 16.6. The molecule has 10 nitrogen and oxygen atoms in total. The van der Waals surface area contributed by atoms with Gasteiger partial charge in [-0.05, 0) is 87.4 Å². The molecule has 0 fully saturated rings. The van der Waals surface area contributed by atoms with Gasteiger partial charge in [-0.2, -0.15) is 0 Å². The summed E-state index contributed by atoms with van der Waals surface area (Å²) >= 11 is 0. The fraction of sp³-hybridized carbons (Fsp3) is 0.514. The predicted octanol–water partition coefficient (Wildman–Crippen LogP) is 7.40. The van der Waals surface area contributed by atoms with Crippen LogP contribution in [0.3, 0.4) is 0 Å². The molecule has 0 atom stereocenters. The molecular formula is C37H50N2O8. The maximum atomic E-state index is 13.8. The summed E-state index contributed by atoms with van der Waals surface area (Å²) in [6.07, 6.45) is 4.28. The van der Waals surface area contributed by atoms with Gasteiger partial charge < -0.3 is 29.3 Å². The van der Waals surface area contributed by atoms with Crippen molar-refractivity contribution in [3.05, 3.63) is 64.9 Å². The highest BCUT2D eigenvalue weighted by molar-refractivity contribution is 6.17. The topological polar surface area (TPSA) is 133 Å². The Morgan fingerprint density at radius 1 is 0.851 bits per heavy atom. The Kier molecular flexibility index (Phi) is 13.4. The van der Waals surface area contributed by atoms with E-state index in [4.69, 9.17) is 13.9 Å². The molecule has 47 heavy (non-hydrogen) atoms. The number of alkyl carbamates (subject to hydrolysis) is 1. The molecule has 0 spiro atoms. The molecular weight excluding hydrogens is 600 g/mol. The molecule has 0 radical (unpaired) electrons. The number of methoxy groups -OCH3 is 1. The van der Waals surface area contributed by atoms with E-state index in [0.717, 1.165) is 25.7 Å². The van der Waals surface area contributed by atoms with E-state index in [1.165, 1.54) is 7.11 Å². The second-order valence-electron chi connectivity index (χ2n) is 13.5. The molecule has 0 saturated carbocycles. The second kappa shape index (κ2) is 17.0. The number of furan rings is 1. The van der Waals surface area contributed by atoms with Crippen molar-refractivity contribution >= 4 is 34.7 Å². The van der Waals surface area contributed by atoms with Crippen LogP contribution >= 0.6 is 0 Å². The second-order valence-corrected chi connectivity index (χ2v) is 13.5. The van der Waals surface area contributed by atoms with Crippen LogP contribution in [0.5, 0.6) is 5.75 Å². The highest BCUT2D eigenvalue weighted by Crippen LogP contribution is 2.31. The normalized spacial score (nSPS) is 11.6. The zero-order valence-corrected chi connectivity index (χ0v) is 28.9. The lowest BCUT2D eigenvalue weighted by atomic mass is 9.86. The number of rotatable bonds is 17. The summed E-state index contributed by atoms with van der Waals surface area (Å²) < 4.78 is 22.2. The van der Waals surface area contributed by atoms with Crippen molar-refractivity contribution in [1.29, 1.82) is 0 Å². The molecule has 1 heterocycles. The molecule has 3 rings (SSSR count). The van der Waals surface area contributed by atoms with Gasteiger partial charge in [-0.25, -0.2) is 4.79 Å². The van der Waals surface area contributed by atoms with Gasteiger partial charge in [-0.1, -0.05) is 34.1 Å². The number of hydrogen-bond acceptors (Lipinski definition) is 8. The van der Waals surface area contributed by atoms with Crippen LogP contribution in [-0.2, 0) is 20.7 Å². The quantitative estimate of drug-likeness (QED) is 0.0877. The number of carbonyl (C=O) groups is 4. The van der Waals surface area contributed by atoms with E-state index in [1.54, 1.807) is 42.5 Å². The summed E-state index contributed by atoms with van der Waals surface area (Å²) in [6, 6.07) is 11.9. The molecule has 2 aromatic carbocycles. The Bertz CT molecular complexity index is 1520. The van der Waals surface area contributed by atoms with Crippen LogP contribution in [0.25, 0.3) is 11.0 Å². The number of esters is 1. The first-order valence-corrected chi connectivity index (χ1v) is 16.4. The van der Waals surface area contributed by atoms with E-state index in [1.807, 2.05) is 13.8 Å². The largest absolute Gasteiger partial charge is 0.494 e. The van der Waals surface area contributed by atoms with Gasteiger partial charge in [0.2, 0.25) is 0 Å². The maximum Gasteiger partial charge on any atom is 0.407 e. The SMILES string of the molecule is CCCCc1oc2ccc(C(=O)NCCC(=O)OC)cc2c1C(=O)c1ccc(OCCCNC(=O)OC(C)(C)CCC(C)(C)C)cc1. The Morgan fingerprint density at radius 2 is 1.55 bits per heavy atom. The van der Waals surface area contributed by atoms with Crippen molar-refractivity contribution in [2.45, 2.75) is 92.1 Å². The molecule has 2 amide bonds. The summed E-state index contributed by atoms with van der Waals surface area (Å²) in [5.74, 6) is 0.193. The Hall–Kier alpha value is -4.34. The summed E-state index contributed by atoms with van der Waals surface area (Å²) in [4.78, 5) is 50.3. The van der Waals surface area contributed by atoms with E-state index in [2.05, 4.69) is 43.1 Å². The van der Waals surface area contributed by atoms with Crippen molar-refractivity contribution in [2.75, 3.05) is 26.8 Å². The van der Waals surface area contributed by atoms with E-state index in [0.29, 0.717) is 65.2 Å². The number of amides is 2. The average molecular weight is 651 g/mol. The van der Waals surface area contributed by atoms with Crippen molar-refractivity contribution in [3.63, 3.8) is 0 Å². The van der Waals surface area contributed by atoms with Gasteiger partial charge in [0.15, 0.2) is 5.78 Å². The highest BCUT2D eigenvalue weighted by Gasteiger charge is 2.26. The third-order valence-corrected chi connectivity index (χ3v) is 7.67. The van der Waals surface area contributed by atoms with Crippen LogP contribution in [0, 0.1) is 5.41 Å². The predicted molar refractivity (Wildman–Crippen MR) is 181 cm³/mol. The maximum absolute atomic E-state index is 13.8. The third-order valence-electron chi connectivity index (χ3n) is 7.67. The van der Waals surface area contributed by atoms with Crippen molar-refractivity contribution in [1.82, 2.24) is 10.6 Å². The van der Waals surface area contributed by atoms with Gasteiger partial charge in [0, 0.05) is 36.0 Å². The average Bonchev–Trinajstić information content (AvgIpc) is 3.39. The number of aryl methyl sites for hydroxylation is 1. The van der Waals surface area contributed by atoms with Gasteiger partial charge in [0.1, 0.15) is 22.7 Å². The summed E-state index contributed by atoms with van der Waals surface area (Å²) in [6.45, 7) is 13.3. The molecule has 0 unspecified atom stereocenters. The summed E-state index contributed by atoms with van der Waals surface area (Å²) in [5, 5.41) is 6.05. The van der Waals surface area contributed by atoms with Crippen LogP contribution in [0.4, 0.5) is 4.79 Å². The first-order chi connectivity index (χ1) is 22.2. The summed E-state index contributed by atoms with van der Waals surface area (Å²) in [7, 11) is 1.30. The van der Waals surface area contributed by atoms with Crippen molar-refractivity contribution in [2.24, 2.45) is 5.41 Å². The first kappa shape index (κ1) is 37.1. The number of hydrogen-bond donors (Lipinski definition) is 2. The lowest BCUT2D eigenvalue weighted by Crippen LogP contribution is -2.36. The zero-order valence-electron chi connectivity index (χ0n) is 28.9. The smallest absolute Gasteiger partial charge is 0.407 e. The molecule has 0 aliphatic rings. The van der Waals surface area contributed by atoms with Gasteiger partial charge in [-0.15, -0.1) is 0 Å². The van der Waals surface area contributed by atoms with Crippen LogP contribution in [0.2, 0.25) is 0 Å². The lowest BCUT2D eigenvalue weighted by Gasteiger charge is -2.29. The third kappa shape index (κ3) is 11.8. The van der Waals surface area contributed by atoms with Crippen molar-refractivity contribution in [3.8, 4) is 5.75 Å². The van der Waals surface area contributed by atoms with E-state index in [-0.39, 0.29) is 30.1 Å². The molecule has 0 aliphatic heterocycles. The minimum atomic E-state index is -0.545. The van der Waals surface area contributed by atoms with Gasteiger partial charge >= 0.3 is 12.1 Å². The van der Waals surface area contributed by atoms with Gasteiger partial charge in [0.25, 0.3) is 5.91 Å². The number of ketones is 1. The summed E-state index contributed by atoms with van der Waals surface area (Å²) in [5.41, 5.74) is 1.40. The first-order valence-electron chi connectivity index (χ1n) is 16.4. The molecule has 1 aromatic heterocycles. The molecule has 0 aliphatic carbocycles. The fourth-order valence-corrected chi connectivity index (χ4v) is 4.85. The monoisotopic (exact) mass is 650 g/mol. The number of carbonyl (C=O) groups excluding carboxylic acids is 4. The number of fused-ring (bicyclic) bond motifs is 1. The minimum absolute atomic E-state index is 0.0584. The zero-order chi connectivity index (χ0) is 34.6.